The standard InChI is InChI=1S/C11H6ClFN4OS/c12-7-5-6(1-2-8(7)13)16-3-4-17-9(10(16)18)14-15-11(17)19/h1-5H,(H,15,19). The van der Waals surface area contributed by atoms with Crippen LogP contribution in [0.4, 0.5) is 4.39 Å². The van der Waals surface area contributed by atoms with E-state index < -0.39 is 5.82 Å². The highest BCUT2D eigenvalue weighted by Crippen LogP contribution is 2.17. The summed E-state index contributed by atoms with van der Waals surface area (Å²) in [5.41, 5.74) is 0.235. The number of nitrogens with one attached hydrogen (secondary N) is 1. The second-order valence-corrected chi connectivity index (χ2v) is 4.59. The summed E-state index contributed by atoms with van der Waals surface area (Å²) in [5, 5.41) is 6.33. The van der Waals surface area contributed by atoms with Crippen molar-refractivity contribution in [2.24, 2.45) is 0 Å². The summed E-state index contributed by atoms with van der Waals surface area (Å²) in [4.78, 5) is 12.2. The first-order valence-corrected chi connectivity index (χ1v) is 6.00. The fraction of sp³-hybridized carbons (Fsp3) is 0. The number of H-pyrrole nitrogens is 1. The first kappa shape index (κ1) is 12.1. The molecule has 0 saturated carbocycles. The number of halogens is 2. The van der Waals surface area contributed by atoms with Gasteiger partial charge in [0.15, 0.2) is 4.77 Å². The lowest BCUT2D eigenvalue weighted by molar-refractivity contribution is 0.627. The maximum atomic E-state index is 13.1. The van der Waals surface area contributed by atoms with E-state index in [4.69, 9.17) is 23.8 Å². The zero-order chi connectivity index (χ0) is 13.6. The molecule has 0 radical (unpaired) electrons. The molecule has 1 N–H and O–H groups in total. The Morgan fingerprint density at radius 3 is 2.89 bits per heavy atom. The van der Waals surface area contributed by atoms with Gasteiger partial charge in [-0.05, 0) is 30.4 Å². The lowest BCUT2D eigenvalue weighted by atomic mass is 10.3. The van der Waals surface area contributed by atoms with Crippen LogP contribution in [-0.2, 0) is 0 Å². The third-order valence-corrected chi connectivity index (χ3v) is 3.24. The minimum atomic E-state index is -0.540. The highest BCUT2D eigenvalue weighted by atomic mass is 35.5. The molecule has 19 heavy (non-hydrogen) atoms. The monoisotopic (exact) mass is 296 g/mol. The number of aromatic amines is 1. The van der Waals surface area contributed by atoms with Crippen LogP contribution in [0.3, 0.4) is 0 Å². The number of hydrogen-bond donors (Lipinski definition) is 1. The van der Waals surface area contributed by atoms with Crippen LogP contribution in [0.2, 0.25) is 5.02 Å². The lowest BCUT2D eigenvalue weighted by Crippen LogP contribution is -2.20. The van der Waals surface area contributed by atoms with Gasteiger partial charge in [-0.2, -0.15) is 0 Å². The van der Waals surface area contributed by atoms with Crippen molar-refractivity contribution in [3.8, 4) is 5.69 Å². The largest absolute Gasteiger partial charge is 0.300 e. The topological polar surface area (TPSA) is 55.1 Å². The van der Waals surface area contributed by atoms with Crippen molar-refractivity contribution >= 4 is 29.5 Å². The minimum Gasteiger partial charge on any atom is -0.280 e. The maximum absolute atomic E-state index is 13.1. The van der Waals surface area contributed by atoms with Crippen molar-refractivity contribution in [1.82, 2.24) is 19.2 Å². The van der Waals surface area contributed by atoms with E-state index in [1.165, 1.54) is 33.4 Å². The summed E-state index contributed by atoms with van der Waals surface area (Å²) in [7, 11) is 0. The van der Waals surface area contributed by atoms with E-state index in [0.29, 0.717) is 10.5 Å². The number of fused-ring (bicyclic) bond motifs is 1. The molecule has 0 spiro atoms. The van der Waals surface area contributed by atoms with Crippen molar-refractivity contribution in [2.75, 3.05) is 0 Å². The molecule has 0 aliphatic carbocycles. The molecule has 5 nitrogen and oxygen atoms in total. The zero-order valence-corrected chi connectivity index (χ0v) is 10.9. The molecular formula is C11H6ClFN4OS. The molecule has 0 saturated heterocycles. The van der Waals surface area contributed by atoms with Gasteiger partial charge in [-0.25, -0.2) is 4.39 Å². The average Bonchev–Trinajstić information content (AvgIpc) is 2.76. The number of aromatic nitrogens is 4. The van der Waals surface area contributed by atoms with E-state index >= 15 is 0 Å². The van der Waals surface area contributed by atoms with Crippen molar-refractivity contribution in [3.63, 3.8) is 0 Å². The van der Waals surface area contributed by atoms with E-state index in [2.05, 4.69) is 10.2 Å². The molecule has 96 valence electrons. The molecule has 1 aromatic carbocycles. The number of nitrogens with zero attached hydrogens (tertiary/aromatic N) is 3. The molecule has 3 aromatic rings. The Morgan fingerprint density at radius 2 is 2.16 bits per heavy atom. The van der Waals surface area contributed by atoms with E-state index in [-0.39, 0.29) is 16.2 Å². The van der Waals surface area contributed by atoms with Crippen LogP contribution in [0, 0.1) is 10.6 Å². The van der Waals surface area contributed by atoms with Crippen LogP contribution < -0.4 is 5.56 Å². The molecule has 0 amide bonds. The number of hydrogen-bond acceptors (Lipinski definition) is 3. The Bertz CT molecular complexity index is 898. The Kier molecular flexibility index (Phi) is 2.72. The van der Waals surface area contributed by atoms with Crippen LogP contribution >= 0.6 is 23.8 Å². The van der Waals surface area contributed by atoms with Gasteiger partial charge in [0.2, 0.25) is 5.65 Å². The minimum absolute atomic E-state index is 0.0527. The van der Waals surface area contributed by atoms with Crippen molar-refractivity contribution in [2.45, 2.75) is 0 Å². The molecule has 0 fully saturated rings. The van der Waals surface area contributed by atoms with Gasteiger partial charge in [-0.3, -0.25) is 18.9 Å². The molecule has 0 bridgehead atoms. The molecular weight excluding hydrogens is 291 g/mol. The van der Waals surface area contributed by atoms with E-state index in [0.717, 1.165) is 0 Å². The first-order chi connectivity index (χ1) is 9.08. The Morgan fingerprint density at radius 1 is 1.37 bits per heavy atom. The molecule has 2 aromatic heterocycles. The fourth-order valence-electron chi connectivity index (χ4n) is 1.74. The van der Waals surface area contributed by atoms with Gasteiger partial charge in [0.1, 0.15) is 5.82 Å². The predicted molar refractivity (Wildman–Crippen MR) is 70.9 cm³/mol. The van der Waals surface area contributed by atoms with Gasteiger partial charge in [-0.15, -0.1) is 5.10 Å². The molecule has 2 heterocycles. The van der Waals surface area contributed by atoms with Gasteiger partial charge in [0, 0.05) is 12.4 Å². The van der Waals surface area contributed by atoms with Crippen LogP contribution in [0.25, 0.3) is 11.3 Å². The fourth-order valence-corrected chi connectivity index (χ4v) is 2.11. The third-order valence-electron chi connectivity index (χ3n) is 2.66. The highest BCUT2D eigenvalue weighted by molar-refractivity contribution is 7.71. The van der Waals surface area contributed by atoms with Crippen LogP contribution in [0.5, 0.6) is 0 Å². The molecule has 8 heteroatoms. The molecule has 3 rings (SSSR count). The predicted octanol–water partition coefficient (Wildman–Crippen LogP) is 2.34. The average molecular weight is 297 g/mol. The van der Waals surface area contributed by atoms with Crippen LogP contribution in [0.15, 0.2) is 35.4 Å². The van der Waals surface area contributed by atoms with Crippen molar-refractivity contribution in [3.05, 3.63) is 56.6 Å². The second-order valence-electron chi connectivity index (χ2n) is 3.79. The van der Waals surface area contributed by atoms with Crippen LogP contribution in [0.1, 0.15) is 0 Å². The Labute approximate surface area is 115 Å². The first-order valence-electron chi connectivity index (χ1n) is 5.22. The van der Waals surface area contributed by atoms with Gasteiger partial charge in [0.05, 0.1) is 10.7 Å². The third kappa shape index (κ3) is 1.87. The van der Waals surface area contributed by atoms with Crippen LogP contribution in [-0.4, -0.2) is 19.2 Å². The Hall–Kier alpha value is -1.99. The molecule has 0 unspecified atom stereocenters. The number of rotatable bonds is 1. The SMILES string of the molecule is O=c1c2n[nH]c(=S)n2ccn1-c1ccc(F)c(Cl)c1. The van der Waals surface area contributed by atoms with E-state index in [9.17, 15) is 9.18 Å². The van der Waals surface area contributed by atoms with E-state index in [1.807, 2.05) is 0 Å². The molecule has 0 aliphatic rings. The number of benzene rings is 1. The Balaban J connectivity index is 2.31. The van der Waals surface area contributed by atoms with Gasteiger partial charge < -0.3 is 0 Å². The quantitative estimate of drug-likeness (QED) is 0.701. The molecule has 0 atom stereocenters. The van der Waals surface area contributed by atoms with Gasteiger partial charge in [-0.1, -0.05) is 11.6 Å². The smallest absolute Gasteiger partial charge is 0.280 e. The lowest BCUT2D eigenvalue weighted by Gasteiger charge is -2.06. The van der Waals surface area contributed by atoms with Crippen molar-refractivity contribution < 1.29 is 4.39 Å². The maximum Gasteiger partial charge on any atom is 0.300 e. The summed E-state index contributed by atoms with van der Waals surface area (Å²) in [6.07, 6.45) is 3.12. The van der Waals surface area contributed by atoms with E-state index in [1.54, 1.807) is 6.20 Å². The summed E-state index contributed by atoms with van der Waals surface area (Å²) >= 11 is 10.7. The normalized spacial score (nSPS) is 11.1. The summed E-state index contributed by atoms with van der Waals surface area (Å²) in [6, 6.07) is 4.03. The van der Waals surface area contributed by atoms with Gasteiger partial charge >= 0.3 is 5.56 Å². The molecule has 0 aliphatic heterocycles. The summed E-state index contributed by atoms with van der Waals surface area (Å²) in [6.45, 7) is 0. The second kappa shape index (κ2) is 4.29. The van der Waals surface area contributed by atoms with Crippen molar-refractivity contribution in [1.29, 1.82) is 0 Å². The van der Waals surface area contributed by atoms with Gasteiger partial charge in [0.25, 0.3) is 0 Å². The summed E-state index contributed by atoms with van der Waals surface area (Å²) < 4.78 is 16.2. The zero-order valence-electron chi connectivity index (χ0n) is 9.30. The highest BCUT2D eigenvalue weighted by Gasteiger charge is 2.09. The summed E-state index contributed by atoms with van der Waals surface area (Å²) in [5.74, 6) is -0.540.